The number of hydrogen-bond donors (Lipinski definition) is 1. The Hall–Kier alpha value is -1.73. The molecule has 2 rings (SSSR count). The van der Waals surface area contributed by atoms with Gasteiger partial charge in [0, 0.05) is 18.9 Å². The van der Waals surface area contributed by atoms with Crippen LogP contribution in [0.1, 0.15) is 44.4 Å². The quantitative estimate of drug-likeness (QED) is 0.514. The first-order valence-corrected chi connectivity index (χ1v) is 11.2. The predicted octanol–water partition coefficient (Wildman–Crippen LogP) is 2.49. The average Bonchev–Trinajstić information content (AvgIpc) is 2.62. The highest BCUT2D eigenvalue weighted by Gasteiger charge is 2.58. The van der Waals surface area contributed by atoms with Crippen molar-refractivity contribution in [3.05, 3.63) is 34.9 Å². The minimum absolute atomic E-state index is 0.0187. The Kier molecular flexibility index (Phi) is 6.71. The van der Waals surface area contributed by atoms with E-state index in [2.05, 4.69) is 0 Å². The summed E-state index contributed by atoms with van der Waals surface area (Å²) in [5, 5.41) is 22.1. The summed E-state index contributed by atoms with van der Waals surface area (Å²) in [5.74, 6) is -1.24. The number of benzene rings is 1. The number of nitrogens with zero attached hydrogens (tertiary/aromatic N) is 1. The van der Waals surface area contributed by atoms with E-state index in [9.17, 15) is 24.4 Å². The molecule has 1 aliphatic heterocycles. The monoisotopic (exact) mass is 413 g/mol. The van der Waals surface area contributed by atoms with E-state index in [1.54, 1.807) is 39.0 Å². The third-order valence-corrected chi connectivity index (χ3v) is 7.71. The topological polar surface area (TPSA) is 113 Å². The van der Waals surface area contributed by atoms with Crippen molar-refractivity contribution < 1.29 is 37.9 Å². The van der Waals surface area contributed by atoms with Gasteiger partial charge in [-0.25, -0.2) is 4.79 Å². The fraction of sp³-hybridized carbons (Fsp3) is 0.579. The molecule has 1 N–H and O–H groups in total. The average molecular weight is 413 g/mol. The van der Waals surface area contributed by atoms with Gasteiger partial charge in [-0.1, -0.05) is 12.1 Å². The molecule has 0 saturated heterocycles. The Labute approximate surface area is 165 Å². The second-order valence-corrected chi connectivity index (χ2v) is 9.05. The van der Waals surface area contributed by atoms with E-state index in [0.717, 1.165) is 5.56 Å². The van der Waals surface area contributed by atoms with Crippen molar-refractivity contribution in [3.8, 4) is 0 Å². The molecular weight excluding hydrogens is 385 g/mol. The maximum Gasteiger partial charge on any atom is 0.370 e. The first-order valence-electron chi connectivity index (χ1n) is 9.42. The fourth-order valence-corrected chi connectivity index (χ4v) is 5.77. The summed E-state index contributed by atoms with van der Waals surface area (Å²) in [6.45, 7) is 7.13. The summed E-state index contributed by atoms with van der Waals surface area (Å²) in [6, 6.07) is 5.16. The molecule has 9 heteroatoms. The van der Waals surface area contributed by atoms with Gasteiger partial charge in [-0.2, -0.15) is 0 Å². The van der Waals surface area contributed by atoms with Gasteiger partial charge in [0.1, 0.15) is 0 Å². The summed E-state index contributed by atoms with van der Waals surface area (Å²) in [7, 11) is -3.38. The Morgan fingerprint density at radius 1 is 1.25 bits per heavy atom. The van der Waals surface area contributed by atoms with Gasteiger partial charge in [-0.15, -0.1) is 0 Å². The lowest BCUT2D eigenvalue weighted by Crippen LogP contribution is -2.73. The third kappa shape index (κ3) is 3.62. The first-order chi connectivity index (χ1) is 13.1. The molecule has 0 radical (unpaired) electrons. The van der Waals surface area contributed by atoms with Crippen molar-refractivity contribution in [3.63, 3.8) is 0 Å². The van der Waals surface area contributed by atoms with Crippen molar-refractivity contribution in [2.75, 3.05) is 26.3 Å². The highest BCUT2D eigenvalue weighted by molar-refractivity contribution is 7.53. The van der Waals surface area contributed by atoms with Gasteiger partial charge in [-0.3, -0.25) is 9.05 Å². The number of carboxylic acids is 1. The SMILES string of the molecule is CCOP(=O)(Cc1ccc2c(c1)C(C)(C(=O)O)[N+](CC)(C(=O)[O-])CC2)OCC. The second kappa shape index (κ2) is 8.33. The highest BCUT2D eigenvalue weighted by Crippen LogP contribution is 2.52. The van der Waals surface area contributed by atoms with E-state index in [1.165, 1.54) is 6.92 Å². The molecule has 1 aromatic rings. The van der Waals surface area contributed by atoms with Crippen LogP contribution in [0.15, 0.2) is 18.2 Å². The molecule has 156 valence electrons. The zero-order valence-electron chi connectivity index (χ0n) is 16.8. The smallest absolute Gasteiger partial charge is 0.370 e. The van der Waals surface area contributed by atoms with E-state index in [1.807, 2.05) is 0 Å². The zero-order valence-corrected chi connectivity index (χ0v) is 17.7. The summed E-state index contributed by atoms with van der Waals surface area (Å²) in [6.07, 6.45) is -1.03. The molecule has 0 aliphatic carbocycles. The van der Waals surface area contributed by atoms with Gasteiger partial charge in [0.25, 0.3) is 6.09 Å². The molecule has 1 amide bonds. The van der Waals surface area contributed by atoms with Crippen LogP contribution in [0, 0.1) is 0 Å². The van der Waals surface area contributed by atoms with E-state index < -0.39 is 29.7 Å². The van der Waals surface area contributed by atoms with Crippen LogP contribution in [-0.4, -0.2) is 48.0 Å². The Bertz CT molecular complexity index is 801. The summed E-state index contributed by atoms with van der Waals surface area (Å²) >= 11 is 0. The van der Waals surface area contributed by atoms with E-state index >= 15 is 0 Å². The zero-order chi connectivity index (χ0) is 21.2. The minimum Gasteiger partial charge on any atom is -0.498 e. The molecule has 1 heterocycles. The number of amides is 1. The van der Waals surface area contributed by atoms with Gasteiger partial charge in [0.05, 0.1) is 32.5 Å². The van der Waals surface area contributed by atoms with Gasteiger partial charge in [-0.05, 0) is 38.0 Å². The summed E-state index contributed by atoms with van der Waals surface area (Å²) in [4.78, 5) is 24.3. The molecule has 28 heavy (non-hydrogen) atoms. The first kappa shape index (κ1) is 22.6. The van der Waals surface area contributed by atoms with Crippen LogP contribution in [0.2, 0.25) is 0 Å². The summed E-state index contributed by atoms with van der Waals surface area (Å²) < 4.78 is 22.8. The highest BCUT2D eigenvalue weighted by atomic mass is 31.2. The van der Waals surface area contributed by atoms with Crippen LogP contribution in [0.5, 0.6) is 0 Å². The largest absolute Gasteiger partial charge is 0.498 e. The molecule has 8 nitrogen and oxygen atoms in total. The number of likely N-dealkylation sites (N-methyl/N-ethyl adjacent to an activating group) is 1. The van der Waals surface area contributed by atoms with Crippen molar-refractivity contribution in [1.82, 2.24) is 0 Å². The van der Waals surface area contributed by atoms with Crippen molar-refractivity contribution >= 4 is 19.7 Å². The molecule has 0 spiro atoms. The number of carbonyl (C=O) groups is 2. The third-order valence-electron chi connectivity index (χ3n) is 5.65. The maximum absolute atomic E-state index is 12.9. The van der Waals surface area contributed by atoms with Gasteiger partial charge >= 0.3 is 13.6 Å². The van der Waals surface area contributed by atoms with Gasteiger partial charge < -0.3 is 24.1 Å². The van der Waals surface area contributed by atoms with E-state index in [-0.39, 0.29) is 32.5 Å². The number of hydrogen-bond acceptors (Lipinski definition) is 6. The number of aliphatic carboxylic acids is 1. The lowest BCUT2D eigenvalue weighted by molar-refractivity contribution is -0.922. The number of carbonyl (C=O) groups excluding carboxylic acids is 1. The van der Waals surface area contributed by atoms with Crippen LogP contribution >= 0.6 is 7.60 Å². The Morgan fingerprint density at radius 2 is 1.86 bits per heavy atom. The van der Waals surface area contributed by atoms with Gasteiger partial charge in [0.2, 0.25) is 5.54 Å². The number of quaternary nitrogens is 1. The standard InChI is InChI=1S/C19H28NO7P/c1-5-20(18(23)24)11-10-15-9-8-14(12-16(15)19(20,4)17(21)22)13-28(25,26-6-2)27-7-3/h8-9,12H,5-7,10-11,13H2,1-4H3,(H-,21,22,23,24). The molecule has 1 aromatic carbocycles. The lowest BCUT2D eigenvalue weighted by Gasteiger charge is -2.51. The molecule has 2 atom stereocenters. The van der Waals surface area contributed by atoms with Crippen LogP contribution < -0.4 is 5.11 Å². The van der Waals surface area contributed by atoms with Crippen LogP contribution in [0.3, 0.4) is 0 Å². The molecule has 0 bridgehead atoms. The minimum atomic E-state index is -3.38. The normalized spacial score (nSPS) is 24.6. The van der Waals surface area contributed by atoms with E-state index in [4.69, 9.17) is 9.05 Å². The van der Waals surface area contributed by atoms with Gasteiger partial charge in [0.15, 0.2) is 0 Å². The van der Waals surface area contributed by atoms with E-state index in [0.29, 0.717) is 17.5 Å². The molecule has 0 fully saturated rings. The summed E-state index contributed by atoms with van der Waals surface area (Å²) in [5.41, 5.74) is 0.0123. The lowest BCUT2D eigenvalue weighted by atomic mass is 9.78. The van der Waals surface area contributed by atoms with Crippen molar-refractivity contribution in [2.45, 2.75) is 45.8 Å². The Morgan fingerprint density at radius 3 is 2.32 bits per heavy atom. The number of carboxylic acid groups (broad SMARTS) is 2. The van der Waals surface area contributed by atoms with Crippen molar-refractivity contribution in [2.24, 2.45) is 0 Å². The molecular formula is C19H28NO7P. The fourth-order valence-electron chi connectivity index (χ4n) is 4.08. The van der Waals surface area contributed by atoms with Crippen LogP contribution in [0.4, 0.5) is 4.79 Å². The van der Waals surface area contributed by atoms with Crippen molar-refractivity contribution in [1.29, 1.82) is 0 Å². The molecule has 0 saturated carbocycles. The maximum atomic E-state index is 12.9. The molecule has 2 unspecified atom stereocenters. The molecule has 1 aliphatic rings. The predicted molar refractivity (Wildman–Crippen MR) is 101 cm³/mol. The second-order valence-electron chi connectivity index (χ2n) is 7.00. The Balaban J connectivity index is 2.59. The number of fused-ring (bicyclic) bond motifs is 1. The number of rotatable bonds is 8. The van der Waals surface area contributed by atoms with Crippen LogP contribution in [0.25, 0.3) is 0 Å². The van der Waals surface area contributed by atoms with Crippen LogP contribution in [-0.2, 0) is 36.5 Å². The molecule has 0 aromatic heterocycles.